The molecule has 1 aromatic carbocycles. The van der Waals surface area contributed by atoms with Gasteiger partial charge in [0, 0.05) is 12.1 Å². The Kier molecular flexibility index (Phi) is 5.60. The molecule has 0 saturated heterocycles. The van der Waals surface area contributed by atoms with Gasteiger partial charge >= 0.3 is 0 Å². The number of carbonyl (C=O) groups is 1. The average Bonchev–Trinajstić information content (AvgIpc) is 2.89. The first-order valence-corrected chi connectivity index (χ1v) is 7.74. The Bertz CT molecular complexity index is 427. The monoisotopic (exact) mass is 275 g/mol. The van der Waals surface area contributed by atoms with Crippen LogP contribution < -0.4 is 5.32 Å². The Balaban J connectivity index is 1.80. The van der Waals surface area contributed by atoms with E-state index in [1.165, 1.54) is 18.4 Å². The van der Waals surface area contributed by atoms with Crippen LogP contribution in [0, 0.1) is 5.92 Å². The van der Waals surface area contributed by atoms with Crippen molar-refractivity contribution in [1.82, 2.24) is 5.32 Å². The zero-order valence-corrected chi connectivity index (χ0v) is 12.3. The van der Waals surface area contributed by atoms with Crippen molar-refractivity contribution in [1.29, 1.82) is 0 Å². The van der Waals surface area contributed by atoms with E-state index >= 15 is 0 Å². The van der Waals surface area contributed by atoms with Gasteiger partial charge in [-0.2, -0.15) is 0 Å². The van der Waals surface area contributed by atoms with Gasteiger partial charge in [0.1, 0.15) is 0 Å². The summed E-state index contributed by atoms with van der Waals surface area (Å²) in [7, 11) is 0. The fraction of sp³-hybridized carbons (Fsp3) is 0.588. The molecule has 2 N–H and O–H groups in total. The average molecular weight is 275 g/mol. The van der Waals surface area contributed by atoms with E-state index in [1.807, 2.05) is 24.3 Å². The van der Waals surface area contributed by atoms with Crippen LogP contribution in [0.1, 0.15) is 54.9 Å². The molecule has 0 spiro atoms. The highest BCUT2D eigenvalue weighted by Crippen LogP contribution is 2.24. The topological polar surface area (TPSA) is 49.3 Å². The van der Waals surface area contributed by atoms with Gasteiger partial charge in [-0.05, 0) is 55.7 Å². The normalized spacial score (nSPS) is 21.9. The summed E-state index contributed by atoms with van der Waals surface area (Å²) in [6, 6.07) is 7.90. The Morgan fingerprint density at radius 2 is 2.05 bits per heavy atom. The summed E-state index contributed by atoms with van der Waals surface area (Å²) < 4.78 is 0. The van der Waals surface area contributed by atoms with Crippen LogP contribution in [0.3, 0.4) is 0 Å². The lowest BCUT2D eigenvalue weighted by molar-refractivity contribution is 0.0945. The van der Waals surface area contributed by atoms with Crippen LogP contribution in [-0.2, 0) is 6.42 Å². The fourth-order valence-corrected chi connectivity index (χ4v) is 2.78. The predicted molar refractivity (Wildman–Crippen MR) is 80.7 cm³/mol. The van der Waals surface area contributed by atoms with Crippen LogP contribution in [0.25, 0.3) is 0 Å². The van der Waals surface area contributed by atoms with Crippen LogP contribution in [0.2, 0.25) is 0 Å². The van der Waals surface area contributed by atoms with E-state index in [2.05, 4.69) is 12.2 Å². The van der Waals surface area contributed by atoms with Crippen molar-refractivity contribution >= 4 is 5.91 Å². The highest BCUT2D eigenvalue weighted by atomic mass is 16.3. The summed E-state index contributed by atoms with van der Waals surface area (Å²) in [6.07, 6.45) is 5.98. The van der Waals surface area contributed by atoms with E-state index in [1.54, 1.807) is 0 Å². The zero-order chi connectivity index (χ0) is 14.4. The molecule has 1 aliphatic carbocycles. The molecular formula is C17H25NO2. The Labute approximate surface area is 121 Å². The molecule has 1 fully saturated rings. The third-order valence-electron chi connectivity index (χ3n) is 4.10. The minimum Gasteiger partial charge on any atom is -0.393 e. The SMILES string of the molecule is CCCCc1ccc(C(=O)NCC2CCC(O)C2)cc1. The number of unbranched alkanes of at least 4 members (excludes halogenated alkanes) is 1. The van der Waals surface area contributed by atoms with E-state index in [-0.39, 0.29) is 12.0 Å². The van der Waals surface area contributed by atoms with Crippen molar-refractivity contribution in [2.45, 2.75) is 51.6 Å². The first-order chi connectivity index (χ1) is 9.69. The van der Waals surface area contributed by atoms with Crippen LogP contribution in [0.5, 0.6) is 0 Å². The van der Waals surface area contributed by atoms with Crippen molar-refractivity contribution in [3.63, 3.8) is 0 Å². The Hall–Kier alpha value is -1.35. The molecule has 0 aliphatic heterocycles. The van der Waals surface area contributed by atoms with Gasteiger partial charge in [-0.25, -0.2) is 0 Å². The second kappa shape index (κ2) is 7.44. The number of rotatable bonds is 6. The second-order valence-corrected chi connectivity index (χ2v) is 5.84. The summed E-state index contributed by atoms with van der Waals surface area (Å²) >= 11 is 0. The van der Waals surface area contributed by atoms with E-state index in [0.29, 0.717) is 12.5 Å². The third kappa shape index (κ3) is 4.34. The van der Waals surface area contributed by atoms with E-state index < -0.39 is 0 Å². The number of aryl methyl sites for hydroxylation is 1. The largest absolute Gasteiger partial charge is 0.393 e. The molecule has 1 amide bonds. The Morgan fingerprint density at radius 1 is 1.30 bits per heavy atom. The molecule has 20 heavy (non-hydrogen) atoms. The molecule has 3 heteroatoms. The van der Waals surface area contributed by atoms with Crippen molar-refractivity contribution in [3.8, 4) is 0 Å². The molecule has 1 aliphatic rings. The van der Waals surface area contributed by atoms with Gasteiger partial charge in [-0.3, -0.25) is 4.79 Å². The standard InChI is InChI=1S/C17H25NO2/c1-2-3-4-13-5-8-15(9-6-13)17(20)18-12-14-7-10-16(19)11-14/h5-6,8-9,14,16,19H,2-4,7,10-12H2,1H3,(H,18,20). The van der Waals surface area contributed by atoms with Crippen molar-refractivity contribution in [2.24, 2.45) is 5.92 Å². The maximum atomic E-state index is 12.0. The quantitative estimate of drug-likeness (QED) is 0.838. The van der Waals surface area contributed by atoms with Crippen molar-refractivity contribution in [2.75, 3.05) is 6.54 Å². The lowest BCUT2D eigenvalue weighted by atomic mass is 10.1. The second-order valence-electron chi connectivity index (χ2n) is 5.84. The highest BCUT2D eigenvalue weighted by Gasteiger charge is 2.23. The number of aliphatic hydroxyl groups excluding tert-OH is 1. The van der Waals surface area contributed by atoms with Gasteiger partial charge in [0.2, 0.25) is 0 Å². The molecule has 0 aromatic heterocycles. The van der Waals surface area contributed by atoms with Gasteiger partial charge in [-0.15, -0.1) is 0 Å². The number of carbonyl (C=O) groups excluding carboxylic acids is 1. The fourth-order valence-electron chi connectivity index (χ4n) is 2.78. The smallest absolute Gasteiger partial charge is 0.251 e. The number of hydrogen-bond acceptors (Lipinski definition) is 2. The lowest BCUT2D eigenvalue weighted by Gasteiger charge is -2.11. The molecule has 110 valence electrons. The first-order valence-electron chi connectivity index (χ1n) is 7.74. The minimum atomic E-state index is -0.172. The van der Waals surface area contributed by atoms with Gasteiger partial charge in [0.25, 0.3) is 5.91 Å². The molecule has 0 radical (unpaired) electrons. The molecule has 2 unspecified atom stereocenters. The molecule has 1 saturated carbocycles. The van der Waals surface area contributed by atoms with Crippen molar-refractivity contribution < 1.29 is 9.90 Å². The molecule has 3 nitrogen and oxygen atoms in total. The number of benzene rings is 1. The van der Waals surface area contributed by atoms with Crippen LogP contribution >= 0.6 is 0 Å². The summed E-state index contributed by atoms with van der Waals surface area (Å²) in [5.41, 5.74) is 2.02. The summed E-state index contributed by atoms with van der Waals surface area (Å²) in [4.78, 5) is 12.0. The number of hydrogen-bond donors (Lipinski definition) is 2. The van der Waals surface area contributed by atoms with Gasteiger partial charge < -0.3 is 10.4 Å². The number of nitrogens with one attached hydrogen (secondary N) is 1. The van der Waals surface area contributed by atoms with Crippen LogP contribution in [-0.4, -0.2) is 23.7 Å². The number of amides is 1. The van der Waals surface area contributed by atoms with Gasteiger partial charge in [0.05, 0.1) is 6.10 Å². The van der Waals surface area contributed by atoms with Crippen LogP contribution in [0.15, 0.2) is 24.3 Å². The minimum absolute atomic E-state index is 0.00608. The summed E-state index contributed by atoms with van der Waals surface area (Å²) in [6.45, 7) is 2.86. The molecule has 0 heterocycles. The zero-order valence-electron chi connectivity index (χ0n) is 12.3. The molecule has 2 atom stereocenters. The molecular weight excluding hydrogens is 250 g/mol. The molecule has 1 aromatic rings. The predicted octanol–water partition coefficient (Wildman–Crippen LogP) is 2.92. The van der Waals surface area contributed by atoms with E-state index in [0.717, 1.165) is 31.2 Å². The van der Waals surface area contributed by atoms with Crippen molar-refractivity contribution in [3.05, 3.63) is 35.4 Å². The number of aliphatic hydroxyl groups is 1. The molecule has 2 rings (SSSR count). The summed E-state index contributed by atoms with van der Waals surface area (Å²) in [5.74, 6) is 0.422. The summed E-state index contributed by atoms with van der Waals surface area (Å²) in [5, 5.41) is 12.4. The Morgan fingerprint density at radius 3 is 2.65 bits per heavy atom. The van der Waals surface area contributed by atoms with Gasteiger partial charge in [0.15, 0.2) is 0 Å². The van der Waals surface area contributed by atoms with E-state index in [9.17, 15) is 9.90 Å². The molecule has 0 bridgehead atoms. The van der Waals surface area contributed by atoms with Crippen LogP contribution in [0.4, 0.5) is 0 Å². The van der Waals surface area contributed by atoms with Gasteiger partial charge in [-0.1, -0.05) is 25.5 Å². The lowest BCUT2D eigenvalue weighted by Crippen LogP contribution is -2.28. The van der Waals surface area contributed by atoms with E-state index in [4.69, 9.17) is 0 Å². The first kappa shape index (κ1) is 15.0. The highest BCUT2D eigenvalue weighted by molar-refractivity contribution is 5.94. The third-order valence-corrected chi connectivity index (χ3v) is 4.10. The maximum absolute atomic E-state index is 12.0. The maximum Gasteiger partial charge on any atom is 0.251 e.